The summed E-state index contributed by atoms with van der Waals surface area (Å²) < 4.78 is 57.9. The minimum absolute atomic E-state index is 0.132. The molecule has 0 aliphatic carbocycles. The Morgan fingerprint density at radius 1 is 1.14 bits per heavy atom. The van der Waals surface area contributed by atoms with E-state index in [4.69, 9.17) is 15.6 Å². The Morgan fingerprint density at radius 2 is 1.79 bits per heavy atom. The number of alkyl halides is 3. The first-order valence-corrected chi connectivity index (χ1v) is 16.7. The Kier molecular flexibility index (Phi) is 11.8. The smallest absolute Gasteiger partial charge is 0.475 e. The molecule has 1 aromatic carbocycles. The lowest BCUT2D eigenvalue weighted by Crippen LogP contribution is -2.38. The Morgan fingerprint density at radius 3 is 2.35 bits per heavy atom. The molecule has 2 aromatic heterocycles. The van der Waals surface area contributed by atoms with Gasteiger partial charge in [-0.15, -0.1) is 11.3 Å². The number of fused-ring (bicyclic) bond motifs is 1. The van der Waals surface area contributed by atoms with Crippen molar-refractivity contribution in [1.82, 2.24) is 14.2 Å². The van der Waals surface area contributed by atoms with E-state index in [0.717, 1.165) is 53.5 Å². The van der Waals surface area contributed by atoms with Crippen molar-refractivity contribution >= 4 is 44.1 Å². The summed E-state index contributed by atoms with van der Waals surface area (Å²) in [5.74, 6) is -2.85. The van der Waals surface area contributed by atoms with E-state index in [1.54, 1.807) is 22.6 Å². The molecule has 238 valence electrons. The van der Waals surface area contributed by atoms with Crippen LogP contribution in [0.4, 0.5) is 13.2 Å². The number of aromatic amines is 1. The van der Waals surface area contributed by atoms with Gasteiger partial charge in [-0.25, -0.2) is 17.5 Å². The predicted octanol–water partition coefficient (Wildman–Crippen LogP) is 5.78. The molecule has 4 rings (SSSR count). The van der Waals surface area contributed by atoms with Gasteiger partial charge in [0.15, 0.2) is 0 Å². The summed E-state index contributed by atoms with van der Waals surface area (Å²) >= 11 is 1.74. The van der Waals surface area contributed by atoms with Gasteiger partial charge in [-0.3, -0.25) is 4.79 Å². The Hall–Kier alpha value is -2.94. The van der Waals surface area contributed by atoms with E-state index in [0.29, 0.717) is 18.7 Å². The van der Waals surface area contributed by atoms with E-state index in [1.807, 2.05) is 12.3 Å². The first-order valence-electron chi connectivity index (χ1n) is 14.2. The molecule has 43 heavy (non-hydrogen) atoms. The van der Waals surface area contributed by atoms with Crippen molar-refractivity contribution < 1.29 is 36.3 Å². The van der Waals surface area contributed by atoms with Gasteiger partial charge < -0.3 is 20.7 Å². The number of aromatic nitrogens is 1. The molecule has 3 heterocycles. The molecule has 4 N–H and O–H groups in total. The number of unbranched alkanes of at least 4 members (excludes halogenated alkanes) is 2. The third-order valence-electron chi connectivity index (χ3n) is 7.54. The minimum Gasteiger partial charge on any atom is -0.475 e. The highest BCUT2D eigenvalue weighted by atomic mass is 32.2. The van der Waals surface area contributed by atoms with Crippen LogP contribution in [0.5, 0.6) is 0 Å². The van der Waals surface area contributed by atoms with Gasteiger partial charge in [-0.2, -0.15) is 13.2 Å². The quantitative estimate of drug-likeness (QED) is 0.227. The number of carboxylic acid groups (broad SMARTS) is 1. The van der Waals surface area contributed by atoms with Crippen LogP contribution in [0.1, 0.15) is 72.7 Å². The molecular weight excluding hydrogens is 605 g/mol. The fraction of sp³-hybridized carbons (Fsp3) is 0.517. The summed E-state index contributed by atoms with van der Waals surface area (Å²) in [5, 5.41) is 10.3. The van der Waals surface area contributed by atoms with Gasteiger partial charge in [0, 0.05) is 36.1 Å². The standard InChI is InChI=1S/C27H38N4O3S2.C2HF3O2/c1-4-6-7-10-30(3)17-22-13-21(18-35-22)20-14-23-25(16-29-26(23)24(15-20)27(28)32)19-8-11-31(12-9-19)36(33,34)5-2;3-2(4,5)1(6)7/h13-16,18-19,29H,4-12,17H2,1-3H3,(H2,28,32);(H,6,7). The highest BCUT2D eigenvalue weighted by Crippen LogP contribution is 2.38. The van der Waals surface area contributed by atoms with Gasteiger partial charge in [0.25, 0.3) is 5.91 Å². The molecule has 0 atom stereocenters. The lowest BCUT2D eigenvalue weighted by atomic mass is 9.88. The Bertz CT molecular complexity index is 1510. The second kappa shape index (κ2) is 14.7. The van der Waals surface area contributed by atoms with E-state index < -0.39 is 28.1 Å². The number of nitrogens with two attached hydrogens (primary N) is 1. The lowest BCUT2D eigenvalue weighted by Gasteiger charge is -2.31. The molecule has 1 amide bonds. The first-order chi connectivity index (χ1) is 20.2. The van der Waals surface area contributed by atoms with Crippen LogP contribution in [0.2, 0.25) is 0 Å². The van der Waals surface area contributed by atoms with E-state index in [2.05, 4.69) is 41.4 Å². The van der Waals surface area contributed by atoms with Gasteiger partial charge in [-0.05, 0) is 86.0 Å². The predicted molar refractivity (Wildman–Crippen MR) is 163 cm³/mol. The van der Waals surface area contributed by atoms with E-state index in [-0.39, 0.29) is 11.7 Å². The fourth-order valence-corrected chi connectivity index (χ4v) is 7.28. The molecule has 1 fully saturated rings. The van der Waals surface area contributed by atoms with Crippen molar-refractivity contribution in [1.29, 1.82) is 0 Å². The van der Waals surface area contributed by atoms with Crippen molar-refractivity contribution in [2.45, 2.75) is 64.6 Å². The summed E-state index contributed by atoms with van der Waals surface area (Å²) in [6.45, 7) is 6.95. The zero-order valence-electron chi connectivity index (χ0n) is 24.5. The topological polar surface area (TPSA) is 137 Å². The third kappa shape index (κ3) is 9.03. The molecule has 0 saturated carbocycles. The normalized spacial score (nSPS) is 15.0. The van der Waals surface area contributed by atoms with Crippen LogP contribution in [-0.2, 0) is 21.4 Å². The SMILES string of the molecule is CCCCCN(C)Cc1cc(-c2cc(C(N)=O)c3[nH]cc(C4CCN(S(=O)(=O)CC)CC4)c3c2)cs1.O=C(O)C(F)(F)F. The highest BCUT2D eigenvalue weighted by molar-refractivity contribution is 7.89. The molecule has 3 aromatic rings. The number of rotatable bonds is 11. The van der Waals surface area contributed by atoms with Crippen LogP contribution in [0, 0.1) is 0 Å². The Labute approximate surface area is 253 Å². The largest absolute Gasteiger partial charge is 0.490 e. The maximum atomic E-state index is 12.4. The number of hydrogen-bond donors (Lipinski definition) is 3. The van der Waals surface area contributed by atoms with Gasteiger partial charge in [-0.1, -0.05) is 19.8 Å². The van der Waals surface area contributed by atoms with Crippen LogP contribution in [-0.4, -0.2) is 78.2 Å². The van der Waals surface area contributed by atoms with Crippen molar-refractivity contribution in [3.8, 4) is 11.1 Å². The zero-order valence-corrected chi connectivity index (χ0v) is 26.2. The van der Waals surface area contributed by atoms with E-state index in [1.165, 1.54) is 24.1 Å². The van der Waals surface area contributed by atoms with Crippen LogP contribution in [0.25, 0.3) is 22.0 Å². The van der Waals surface area contributed by atoms with Gasteiger partial charge in [0.05, 0.1) is 16.8 Å². The Balaban J connectivity index is 0.000000646. The molecule has 1 saturated heterocycles. The molecule has 14 heteroatoms. The summed E-state index contributed by atoms with van der Waals surface area (Å²) in [4.78, 5) is 28.2. The number of nitrogens with zero attached hydrogens (tertiary/aromatic N) is 2. The van der Waals surface area contributed by atoms with Crippen molar-refractivity contribution in [2.75, 3.05) is 32.4 Å². The zero-order chi connectivity index (χ0) is 31.9. The number of halogens is 3. The summed E-state index contributed by atoms with van der Waals surface area (Å²) in [6.07, 6.45) is 2.09. The number of hydrogen-bond acceptors (Lipinski definition) is 6. The van der Waals surface area contributed by atoms with Crippen LogP contribution < -0.4 is 5.73 Å². The van der Waals surface area contributed by atoms with Crippen LogP contribution >= 0.6 is 11.3 Å². The van der Waals surface area contributed by atoms with Crippen molar-refractivity contribution in [2.24, 2.45) is 5.73 Å². The number of sulfonamides is 1. The average Bonchev–Trinajstić information content (AvgIpc) is 3.59. The number of thiophene rings is 1. The summed E-state index contributed by atoms with van der Waals surface area (Å²) in [7, 11) is -1.01. The minimum atomic E-state index is -5.08. The fourth-order valence-electron chi connectivity index (χ4n) is 5.17. The lowest BCUT2D eigenvalue weighted by molar-refractivity contribution is -0.192. The van der Waals surface area contributed by atoms with Gasteiger partial charge in [0.1, 0.15) is 0 Å². The third-order valence-corrected chi connectivity index (χ3v) is 10.3. The van der Waals surface area contributed by atoms with Crippen LogP contribution in [0.15, 0.2) is 29.8 Å². The molecule has 0 unspecified atom stereocenters. The van der Waals surface area contributed by atoms with Gasteiger partial charge in [0.2, 0.25) is 10.0 Å². The maximum absolute atomic E-state index is 12.4. The first kappa shape index (κ1) is 34.5. The molecular formula is C29H39F3N4O5S2. The summed E-state index contributed by atoms with van der Waals surface area (Å²) in [6, 6.07) is 6.26. The number of amides is 1. The number of carbonyl (C=O) groups excluding carboxylic acids is 1. The number of nitrogens with one attached hydrogen (secondary N) is 1. The number of aliphatic carboxylic acids is 1. The molecule has 9 nitrogen and oxygen atoms in total. The molecule has 0 bridgehead atoms. The number of carboxylic acids is 1. The number of piperidine rings is 1. The molecule has 0 radical (unpaired) electrons. The second-order valence-corrected chi connectivity index (χ2v) is 13.9. The number of benzene rings is 1. The van der Waals surface area contributed by atoms with Crippen molar-refractivity contribution in [3.63, 3.8) is 0 Å². The maximum Gasteiger partial charge on any atom is 0.490 e. The highest BCUT2D eigenvalue weighted by Gasteiger charge is 2.38. The monoisotopic (exact) mass is 644 g/mol. The molecule has 1 aliphatic heterocycles. The van der Waals surface area contributed by atoms with Crippen molar-refractivity contribution in [3.05, 3.63) is 45.8 Å². The molecule has 1 aliphatic rings. The van der Waals surface area contributed by atoms with Gasteiger partial charge >= 0.3 is 12.1 Å². The number of primary amides is 1. The molecule has 0 spiro atoms. The summed E-state index contributed by atoms with van der Waals surface area (Å²) in [5.41, 5.74) is 10.3. The second-order valence-electron chi connectivity index (χ2n) is 10.7. The van der Waals surface area contributed by atoms with E-state index in [9.17, 15) is 26.4 Å². The van der Waals surface area contributed by atoms with Crippen LogP contribution in [0.3, 0.4) is 0 Å². The number of H-pyrrole nitrogens is 1. The number of carbonyl (C=O) groups is 2. The van der Waals surface area contributed by atoms with E-state index >= 15 is 0 Å². The average molecular weight is 645 g/mol.